The highest BCUT2D eigenvalue weighted by Gasteiger charge is 2.26. The Bertz CT molecular complexity index is 585. The molecule has 106 valence electrons. The number of sulfone groups is 1. The highest BCUT2D eigenvalue weighted by Crippen LogP contribution is 2.41. The number of unbranched alkanes of at least 4 members (excludes halogenated alkanes) is 1. The van der Waals surface area contributed by atoms with E-state index in [4.69, 9.17) is 11.0 Å². The van der Waals surface area contributed by atoms with E-state index in [0.717, 1.165) is 37.0 Å². The summed E-state index contributed by atoms with van der Waals surface area (Å²) in [6, 6.07) is 1.97. The molecule has 0 radical (unpaired) electrons. The Hall–Kier alpha value is -1.26. The van der Waals surface area contributed by atoms with Crippen molar-refractivity contribution in [1.82, 2.24) is 0 Å². The van der Waals surface area contributed by atoms with Crippen molar-refractivity contribution in [3.63, 3.8) is 0 Å². The van der Waals surface area contributed by atoms with E-state index in [1.54, 1.807) is 0 Å². The van der Waals surface area contributed by atoms with Gasteiger partial charge < -0.3 is 10.6 Å². The molecule has 19 heavy (non-hydrogen) atoms. The molecule has 1 rings (SSSR count). The molecular weight excluding hydrogens is 282 g/mol. The van der Waals surface area contributed by atoms with Crippen molar-refractivity contribution in [3.05, 3.63) is 4.88 Å². The van der Waals surface area contributed by atoms with Crippen LogP contribution in [0.3, 0.4) is 0 Å². The fourth-order valence-electron chi connectivity index (χ4n) is 1.82. The van der Waals surface area contributed by atoms with E-state index in [1.807, 2.05) is 17.9 Å². The van der Waals surface area contributed by atoms with Crippen LogP contribution >= 0.6 is 11.3 Å². The van der Waals surface area contributed by atoms with Gasteiger partial charge in [0, 0.05) is 19.3 Å². The Kier molecular flexibility index (Phi) is 5.20. The lowest BCUT2D eigenvalue weighted by Gasteiger charge is -2.22. The van der Waals surface area contributed by atoms with Crippen LogP contribution in [0.1, 0.15) is 31.6 Å². The quantitative estimate of drug-likeness (QED) is 0.870. The molecule has 0 unspecified atom stereocenters. The Morgan fingerprint density at radius 3 is 2.47 bits per heavy atom. The van der Waals surface area contributed by atoms with Crippen LogP contribution in [0.15, 0.2) is 4.90 Å². The molecule has 5 nitrogen and oxygen atoms in total. The van der Waals surface area contributed by atoms with Crippen LogP contribution < -0.4 is 10.6 Å². The summed E-state index contributed by atoms with van der Waals surface area (Å²) < 4.78 is 23.8. The van der Waals surface area contributed by atoms with Gasteiger partial charge in [-0.05, 0) is 13.3 Å². The molecule has 0 saturated heterocycles. The van der Waals surface area contributed by atoms with E-state index >= 15 is 0 Å². The van der Waals surface area contributed by atoms with E-state index in [-0.39, 0.29) is 15.5 Å². The second kappa shape index (κ2) is 6.26. The summed E-state index contributed by atoms with van der Waals surface area (Å²) in [6.07, 6.45) is 3.12. The summed E-state index contributed by atoms with van der Waals surface area (Å²) >= 11 is 1.16. The molecule has 0 aliphatic rings. The van der Waals surface area contributed by atoms with E-state index in [1.165, 1.54) is 0 Å². The number of thiophene rings is 1. The lowest BCUT2D eigenvalue weighted by molar-refractivity contribution is 0.602. The van der Waals surface area contributed by atoms with Gasteiger partial charge in [-0.3, -0.25) is 0 Å². The summed E-state index contributed by atoms with van der Waals surface area (Å²) in [5.74, 6) is 0. The van der Waals surface area contributed by atoms with Crippen molar-refractivity contribution in [3.8, 4) is 6.07 Å². The molecule has 0 bridgehead atoms. The van der Waals surface area contributed by atoms with Gasteiger partial charge in [-0.2, -0.15) is 5.26 Å². The molecule has 7 heteroatoms. The van der Waals surface area contributed by atoms with Gasteiger partial charge in [-0.25, -0.2) is 8.42 Å². The normalized spacial score (nSPS) is 11.3. The average Bonchev–Trinajstić information content (AvgIpc) is 2.67. The molecule has 1 heterocycles. The standard InChI is InChI=1S/C12H19N3O2S2/c1-4-6-7-15(5-2)12-11(19(3,16)17)10(14)9(8-13)18-12/h4-7,14H2,1-3H3. The molecule has 0 fully saturated rings. The van der Waals surface area contributed by atoms with E-state index in [0.29, 0.717) is 11.5 Å². The first-order valence-corrected chi connectivity index (χ1v) is 8.84. The fraction of sp³-hybridized carbons (Fsp3) is 0.583. The first-order valence-electron chi connectivity index (χ1n) is 6.14. The predicted molar refractivity (Wildman–Crippen MR) is 79.4 cm³/mol. The lowest BCUT2D eigenvalue weighted by Crippen LogP contribution is -2.24. The third kappa shape index (κ3) is 3.39. The summed E-state index contributed by atoms with van der Waals surface area (Å²) in [4.78, 5) is 2.35. The maximum absolute atomic E-state index is 11.9. The van der Waals surface area contributed by atoms with Crippen LogP contribution in [-0.2, 0) is 9.84 Å². The van der Waals surface area contributed by atoms with Crippen molar-refractivity contribution in [2.45, 2.75) is 31.6 Å². The molecule has 2 N–H and O–H groups in total. The van der Waals surface area contributed by atoms with Crippen LogP contribution in [0.5, 0.6) is 0 Å². The van der Waals surface area contributed by atoms with Crippen LogP contribution in [-0.4, -0.2) is 27.8 Å². The van der Waals surface area contributed by atoms with E-state index in [9.17, 15) is 8.42 Å². The second-order valence-corrected chi connectivity index (χ2v) is 7.25. The van der Waals surface area contributed by atoms with E-state index < -0.39 is 9.84 Å². The highest BCUT2D eigenvalue weighted by atomic mass is 32.2. The number of hydrogen-bond acceptors (Lipinski definition) is 6. The largest absolute Gasteiger partial charge is 0.396 e. The third-order valence-corrected chi connectivity index (χ3v) is 5.26. The van der Waals surface area contributed by atoms with Crippen LogP contribution in [0.2, 0.25) is 0 Å². The summed E-state index contributed by atoms with van der Waals surface area (Å²) in [5.41, 5.74) is 5.89. The topological polar surface area (TPSA) is 87.2 Å². The number of anilines is 2. The van der Waals surface area contributed by atoms with Gasteiger partial charge in [0.1, 0.15) is 20.8 Å². The molecule has 1 aromatic rings. The SMILES string of the molecule is CCCCN(CC)c1sc(C#N)c(N)c1S(C)(=O)=O. The third-order valence-electron chi connectivity index (χ3n) is 2.81. The van der Waals surface area contributed by atoms with Crippen LogP contribution in [0.25, 0.3) is 0 Å². The van der Waals surface area contributed by atoms with Crippen molar-refractivity contribution >= 4 is 31.9 Å². The molecule has 0 aromatic carbocycles. The van der Waals surface area contributed by atoms with Gasteiger partial charge >= 0.3 is 0 Å². The van der Waals surface area contributed by atoms with Crippen molar-refractivity contribution in [2.24, 2.45) is 0 Å². The van der Waals surface area contributed by atoms with Crippen LogP contribution in [0.4, 0.5) is 10.7 Å². The first kappa shape index (κ1) is 15.8. The number of rotatable bonds is 6. The Labute approximate surface area is 118 Å². The predicted octanol–water partition coefficient (Wildman–Crippen LogP) is 2.23. The lowest BCUT2D eigenvalue weighted by atomic mass is 10.3. The minimum absolute atomic E-state index is 0.0833. The number of hydrogen-bond donors (Lipinski definition) is 1. The highest BCUT2D eigenvalue weighted by molar-refractivity contribution is 7.91. The molecule has 1 aromatic heterocycles. The fourth-order valence-corrected chi connectivity index (χ4v) is 4.41. The zero-order chi connectivity index (χ0) is 14.6. The molecular formula is C12H19N3O2S2. The number of nitrogen functional groups attached to an aromatic ring is 1. The Balaban J connectivity index is 3.37. The molecule has 0 aliphatic carbocycles. The van der Waals surface area contributed by atoms with Crippen molar-refractivity contribution in [2.75, 3.05) is 30.0 Å². The molecule has 0 spiro atoms. The second-order valence-electron chi connectivity index (χ2n) is 4.30. The minimum atomic E-state index is -3.44. The zero-order valence-electron chi connectivity index (χ0n) is 11.4. The molecule has 0 aliphatic heterocycles. The molecule has 0 atom stereocenters. The number of nitrogens with two attached hydrogens (primary N) is 1. The van der Waals surface area contributed by atoms with Gasteiger partial charge in [-0.15, -0.1) is 11.3 Å². The Morgan fingerprint density at radius 1 is 1.42 bits per heavy atom. The summed E-state index contributed by atoms with van der Waals surface area (Å²) in [7, 11) is -3.44. The van der Waals surface area contributed by atoms with Gasteiger partial charge in [-0.1, -0.05) is 13.3 Å². The maximum Gasteiger partial charge on any atom is 0.180 e. The van der Waals surface area contributed by atoms with Crippen LogP contribution in [0, 0.1) is 11.3 Å². The first-order chi connectivity index (χ1) is 8.86. The summed E-state index contributed by atoms with van der Waals surface area (Å²) in [6.45, 7) is 5.49. The van der Waals surface area contributed by atoms with Crippen molar-refractivity contribution in [1.29, 1.82) is 5.26 Å². The molecule has 0 saturated carbocycles. The smallest absolute Gasteiger partial charge is 0.180 e. The monoisotopic (exact) mass is 301 g/mol. The van der Waals surface area contributed by atoms with Gasteiger partial charge in [0.25, 0.3) is 0 Å². The molecule has 0 amide bonds. The Morgan fingerprint density at radius 2 is 2.05 bits per heavy atom. The van der Waals surface area contributed by atoms with Gasteiger partial charge in [0.2, 0.25) is 0 Å². The average molecular weight is 301 g/mol. The van der Waals surface area contributed by atoms with Crippen molar-refractivity contribution < 1.29 is 8.42 Å². The number of nitrogens with zero attached hydrogens (tertiary/aromatic N) is 2. The minimum Gasteiger partial charge on any atom is -0.396 e. The summed E-state index contributed by atoms with van der Waals surface area (Å²) in [5, 5.41) is 9.61. The maximum atomic E-state index is 11.9. The number of nitriles is 1. The van der Waals surface area contributed by atoms with Gasteiger partial charge in [0.15, 0.2) is 9.84 Å². The van der Waals surface area contributed by atoms with E-state index in [2.05, 4.69) is 6.92 Å². The zero-order valence-corrected chi connectivity index (χ0v) is 13.1. The van der Waals surface area contributed by atoms with Gasteiger partial charge in [0.05, 0.1) is 5.69 Å².